The Labute approximate surface area is 110 Å². The number of nitrogens with one attached hydrogen (secondary N) is 1. The van der Waals surface area contributed by atoms with Gasteiger partial charge in [0.05, 0.1) is 30.4 Å². The van der Waals surface area contributed by atoms with E-state index in [2.05, 4.69) is 5.43 Å². The second-order valence-corrected chi connectivity index (χ2v) is 4.49. The molecule has 0 aliphatic carbocycles. The minimum absolute atomic E-state index is 0.0294. The summed E-state index contributed by atoms with van der Waals surface area (Å²) in [6.07, 6.45) is 0.997. The Hall–Kier alpha value is -1.70. The van der Waals surface area contributed by atoms with Gasteiger partial charge in [-0.05, 0) is 12.5 Å². The fourth-order valence-electron chi connectivity index (χ4n) is 2.00. The number of benzene rings is 1. The zero-order valence-corrected chi connectivity index (χ0v) is 10.5. The second kappa shape index (κ2) is 6.46. The molecule has 7 nitrogen and oxygen atoms in total. The van der Waals surface area contributed by atoms with Crippen LogP contribution in [0.4, 0.5) is 11.4 Å². The molecule has 19 heavy (non-hydrogen) atoms. The van der Waals surface area contributed by atoms with Gasteiger partial charge in [-0.3, -0.25) is 16.0 Å². The van der Waals surface area contributed by atoms with Gasteiger partial charge < -0.3 is 14.9 Å². The molecule has 1 fully saturated rings. The van der Waals surface area contributed by atoms with Crippen LogP contribution in [0.5, 0.6) is 0 Å². The molecule has 0 aromatic heterocycles. The summed E-state index contributed by atoms with van der Waals surface area (Å²) >= 11 is 0. The maximum Gasteiger partial charge on any atom is 0.269 e. The van der Waals surface area contributed by atoms with Gasteiger partial charge in [0, 0.05) is 30.2 Å². The van der Waals surface area contributed by atoms with E-state index in [9.17, 15) is 10.1 Å². The number of nitrogens with two attached hydrogens (primary N) is 1. The summed E-state index contributed by atoms with van der Waals surface area (Å²) in [7, 11) is 0. The van der Waals surface area contributed by atoms with Crippen LogP contribution >= 0.6 is 0 Å². The fourth-order valence-corrected chi connectivity index (χ4v) is 2.00. The number of nitro groups is 1. The van der Waals surface area contributed by atoms with Crippen LogP contribution in [-0.4, -0.2) is 24.7 Å². The van der Waals surface area contributed by atoms with Gasteiger partial charge in [-0.25, -0.2) is 0 Å². The Morgan fingerprint density at radius 2 is 2.42 bits per heavy atom. The number of anilines is 1. The van der Waals surface area contributed by atoms with E-state index in [-0.39, 0.29) is 12.3 Å². The Morgan fingerprint density at radius 3 is 3.05 bits per heavy atom. The predicted molar refractivity (Wildman–Crippen MR) is 69.5 cm³/mol. The first-order valence-corrected chi connectivity index (χ1v) is 6.10. The molecule has 0 bridgehead atoms. The van der Waals surface area contributed by atoms with E-state index in [4.69, 9.17) is 15.3 Å². The first-order valence-electron chi connectivity index (χ1n) is 6.10. The highest BCUT2D eigenvalue weighted by Crippen LogP contribution is 2.23. The van der Waals surface area contributed by atoms with Crippen LogP contribution in [-0.2, 0) is 16.1 Å². The average molecular weight is 267 g/mol. The maximum absolute atomic E-state index is 10.7. The number of ether oxygens (including phenoxy) is 2. The van der Waals surface area contributed by atoms with Gasteiger partial charge in [0.25, 0.3) is 5.69 Å². The third-order valence-corrected chi connectivity index (χ3v) is 3.09. The summed E-state index contributed by atoms with van der Waals surface area (Å²) in [5, 5.41) is 10.7. The average Bonchev–Trinajstić information content (AvgIpc) is 2.91. The van der Waals surface area contributed by atoms with Crippen molar-refractivity contribution in [1.82, 2.24) is 0 Å². The summed E-state index contributed by atoms with van der Waals surface area (Å²) in [5.74, 6) is 5.79. The van der Waals surface area contributed by atoms with Gasteiger partial charge in [0.2, 0.25) is 0 Å². The van der Waals surface area contributed by atoms with Crippen molar-refractivity contribution in [3.63, 3.8) is 0 Å². The van der Waals surface area contributed by atoms with Crippen molar-refractivity contribution in [2.75, 3.05) is 25.2 Å². The smallest absolute Gasteiger partial charge is 0.269 e. The minimum atomic E-state index is -0.436. The molecule has 2 rings (SSSR count). The number of hydrogen-bond donors (Lipinski definition) is 2. The molecule has 3 N–H and O–H groups in total. The van der Waals surface area contributed by atoms with E-state index in [1.54, 1.807) is 6.07 Å². The molecule has 1 aromatic rings. The van der Waals surface area contributed by atoms with Gasteiger partial charge in [-0.15, -0.1) is 0 Å². The van der Waals surface area contributed by atoms with Crippen LogP contribution in [0, 0.1) is 16.0 Å². The molecule has 1 atom stereocenters. The van der Waals surface area contributed by atoms with Gasteiger partial charge in [0.15, 0.2) is 0 Å². The van der Waals surface area contributed by atoms with Crippen molar-refractivity contribution >= 4 is 11.4 Å². The van der Waals surface area contributed by atoms with E-state index >= 15 is 0 Å². The molecule has 1 aliphatic heterocycles. The molecule has 1 saturated heterocycles. The first kappa shape index (κ1) is 13.7. The van der Waals surface area contributed by atoms with E-state index in [0.29, 0.717) is 23.8 Å². The third-order valence-electron chi connectivity index (χ3n) is 3.09. The lowest BCUT2D eigenvalue weighted by Crippen LogP contribution is -2.12. The fraction of sp³-hybridized carbons (Fsp3) is 0.500. The number of nitro benzene ring substituents is 1. The summed E-state index contributed by atoms with van der Waals surface area (Å²) in [6.45, 7) is 2.38. The number of nitrogens with zero attached hydrogens (tertiary/aromatic N) is 1. The van der Waals surface area contributed by atoms with Crippen molar-refractivity contribution in [3.8, 4) is 0 Å². The lowest BCUT2D eigenvalue weighted by atomic mass is 10.1. The quantitative estimate of drug-likeness (QED) is 0.459. The van der Waals surface area contributed by atoms with Gasteiger partial charge in [-0.2, -0.15) is 0 Å². The van der Waals surface area contributed by atoms with E-state index in [0.717, 1.165) is 19.6 Å². The van der Waals surface area contributed by atoms with Crippen molar-refractivity contribution in [2.24, 2.45) is 11.8 Å². The molecule has 1 heterocycles. The van der Waals surface area contributed by atoms with E-state index in [1.807, 2.05) is 0 Å². The summed E-state index contributed by atoms with van der Waals surface area (Å²) in [6, 6.07) is 4.46. The SMILES string of the molecule is NNc1ccc([N+](=O)[O-])cc1COCC1CCOC1. The van der Waals surface area contributed by atoms with Gasteiger partial charge >= 0.3 is 0 Å². The Kier molecular flexibility index (Phi) is 4.67. The molecular weight excluding hydrogens is 250 g/mol. The number of hydrogen-bond acceptors (Lipinski definition) is 6. The minimum Gasteiger partial charge on any atom is -0.381 e. The van der Waals surface area contributed by atoms with Crippen LogP contribution < -0.4 is 11.3 Å². The van der Waals surface area contributed by atoms with Crippen molar-refractivity contribution in [1.29, 1.82) is 0 Å². The van der Waals surface area contributed by atoms with Crippen LogP contribution in [0.2, 0.25) is 0 Å². The van der Waals surface area contributed by atoms with E-state index < -0.39 is 4.92 Å². The van der Waals surface area contributed by atoms with Crippen LogP contribution in [0.3, 0.4) is 0 Å². The zero-order chi connectivity index (χ0) is 13.7. The molecule has 1 aliphatic rings. The predicted octanol–water partition coefficient (Wildman–Crippen LogP) is 1.43. The normalized spacial score (nSPS) is 18.5. The molecule has 1 aromatic carbocycles. The number of rotatable bonds is 6. The second-order valence-electron chi connectivity index (χ2n) is 4.49. The molecule has 0 saturated carbocycles. The Bertz CT molecular complexity index is 447. The van der Waals surface area contributed by atoms with Crippen LogP contribution in [0.1, 0.15) is 12.0 Å². The number of non-ortho nitro benzene ring substituents is 1. The molecule has 0 spiro atoms. The molecule has 104 valence electrons. The lowest BCUT2D eigenvalue weighted by Gasteiger charge is -2.11. The van der Waals surface area contributed by atoms with Crippen molar-refractivity contribution in [3.05, 3.63) is 33.9 Å². The zero-order valence-electron chi connectivity index (χ0n) is 10.5. The topological polar surface area (TPSA) is 99.7 Å². The number of hydrazine groups is 1. The molecule has 0 amide bonds. The molecule has 1 unspecified atom stereocenters. The molecular formula is C12H17N3O4. The van der Waals surface area contributed by atoms with Gasteiger partial charge in [-0.1, -0.05) is 0 Å². The Balaban J connectivity index is 1.96. The van der Waals surface area contributed by atoms with Crippen molar-refractivity contribution < 1.29 is 14.4 Å². The van der Waals surface area contributed by atoms with Gasteiger partial charge in [0.1, 0.15) is 0 Å². The maximum atomic E-state index is 10.7. The summed E-state index contributed by atoms with van der Waals surface area (Å²) < 4.78 is 10.8. The number of nitrogen functional groups attached to an aromatic ring is 1. The highest BCUT2D eigenvalue weighted by atomic mass is 16.6. The largest absolute Gasteiger partial charge is 0.381 e. The third kappa shape index (κ3) is 3.63. The first-order chi connectivity index (χ1) is 9.20. The standard InChI is InChI=1S/C12H17N3O4/c13-14-12-2-1-11(15(16)17)5-10(12)8-19-7-9-3-4-18-6-9/h1-2,5,9,14H,3-4,6-8,13H2. The molecule has 7 heteroatoms. The van der Waals surface area contributed by atoms with Crippen LogP contribution in [0.25, 0.3) is 0 Å². The highest BCUT2D eigenvalue weighted by Gasteiger charge is 2.16. The van der Waals surface area contributed by atoms with E-state index in [1.165, 1.54) is 12.1 Å². The lowest BCUT2D eigenvalue weighted by molar-refractivity contribution is -0.384. The summed E-state index contributed by atoms with van der Waals surface area (Å²) in [4.78, 5) is 10.3. The monoisotopic (exact) mass is 267 g/mol. The molecule has 0 radical (unpaired) electrons. The highest BCUT2D eigenvalue weighted by molar-refractivity contribution is 5.55. The summed E-state index contributed by atoms with van der Waals surface area (Å²) in [5.41, 5.74) is 3.85. The van der Waals surface area contributed by atoms with Crippen molar-refractivity contribution in [2.45, 2.75) is 13.0 Å². The Morgan fingerprint density at radius 1 is 1.58 bits per heavy atom. The van der Waals surface area contributed by atoms with Crippen LogP contribution in [0.15, 0.2) is 18.2 Å².